The quantitative estimate of drug-likeness (QED) is 0.784. The highest BCUT2D eigenvalue weighted by Gasteiger charge is 2.09. The molecule has 106 valence electrons. The lowest BCUT2D eigenvalue weighted by atomic mass is 10.1. The van der Waals surface area contributed by atoms with Gasteiger partial charge in [-0.2, -0.15) is 0 Å². The van der Waals surface area contributed by atoms with Crippen LogP contribution < -0.4 is 4.74 Å². The minimum absolute atomic E-state index is 0.0104. The van der Waals surface area contributed by atoms with Crippen LogP contribution in [0.2, 0.25) is 5.02 Å². The van der Waals surface area contributed by atoms with E-state index >= 15 is 0 Å². The third-order valence-corrected chi connectivity index (χ3v) is 3.41. The predicted octanol–water partition coefficient (Wildman–Crippen LogP) is 4.31. The summed E-state index contributed by atoms with van der Waals surface area (Å²) in [6, 6.07) is 11.6. The van der Waals surface area contributed by atoms with Gasteiger partial charge in [0.05, 0.1) is 11.6 Å². The number of aromatic nitrogens is 1. The van der Waals surface area contributed by atoms with Crippen molar-refractivity contribution >= 4 is 22.4 Å². The van der Waals surface area contributed by atoms with Gasteiger partial charge in [-0.1, -0.05) is 29.8 Å². The highest BCUT2D eigenvalue weighted by molar-refractivity contribution is 6.30. The van der Waals surface area contributed by atoms with E-state index in [9.17, 15) is 9.50 Å². The number of halogens is 2. The second-order valence-corrected chi connectivity index (χ2v) is 4.88. The number of fused-ring (bicyclic) bond motifs is 1. The molecule has 0 amide bonds. The second kappa shape index (κ2) is 5.68. The van der Waals surface area contributed by atoms with E-state index in [1.165, 1.54) is 18.2 Å². The molecule has 1 heterocycles. The van der Waals surface area contributed by atoms with Crippen LogP contribution in [0.3, 0.4) is 0 Å². The Kier molecular flexibility index (Phi) is 3.73. The smallest absolute Gasteiger partial charge is 0.227 e. The van der Waals surface area contributed by atoms with E-state index in [0.29, 0.717) is 11.6 Å². The number of nitrogens with zero attached hydrogens (tertiary/aromatic N) is 1. The van der Waals surface area contributed by atoms with Crippen LogP contribution in [-0.4, -0.2) is 10.1 Å². The molecular weight excluding hydrogens is 293 g/mol. The number of hydrogen-bond donors (Lipinski definition) is 1. The molecule has 0 bridgehead atoms. The molecular formula is C16H11ClFNO2. The van der Waals surface area contributed by atoms with Gasteiger partial charge in [-0.3, -0.25) is 0 Å². The fourth-order valence-corrected chi connectivity index (χ4v) is 2.26. The molecule has 0 radical (unpaired) electrons. The normalized spacial score (nSPS) is 10.8. The van der Waals surface area contributed by atoms with Gasteiger partial charge in [-0.15, -0.1) is 0 Å². The molecule has 0 aliphatic carbocycles. The summed E-state index contributed by atoms with van der Waals surface area (Å²) < 4.78 is 18.8. The molecule has 0 saturated carbocycles. The Labute approximate surface area is 125 Å². The summed E-state index contributed by atoms with van der Waals surface area (Å²) in [5, 5.41) is 11.0. The fourth-order valence-electron chi connectivity index (χ4n) is 2.08. The average Bonchev–Trinajstić information content (AvgIpc) is 2.51. The van der Waals surface area contributed by atoms with Crippen LogP contribution >= 0.6 is 11.6 Å². The predicted molar refractivity (Wildman–Crippen MR) is 79.1 cm³/mol. The van der Waals surface area contributed by atoms with E-state index in [4.69, 9.17) is 16.3 Å². The molecule has 0 unspecified atom stereocenters. The Morgan fingerprint density at radius 2 is 1.90 bits per heavy atom. The van der Waals surface area contributed by atoms with Crippen molar-refractivity contribution in [2.45, 2.75) is 6.61 Å². The molecule has 1 N–H and O–H groups in total. The molecule has 0 atom stereocenters. The third kappa shape index (κ3) is 2.68. The van der Waals surface area contributed by atoms with Gasteiger partial charge in [0.25, 0.3) is 0 Å². The lowest BCUT2D eigenvalue weighted by molar-refractivity contribution is 0.283. The maximum atomic E-state index is 13.2. The molecule has 0 spiro atoms. The summed E-state index contributed by atoms with van der Waals surface area (Å²) in [4.78, 5) is 4.21. The van der Waals surface area contributed by atoms with Crippen molar-refractivity contribution in [2.24, 2.45) is 0 Å². The van der Waals surface area contributed by atoms with Crippen molar-refractivity contribution < 1.29 is 14.2 Å². The van der Waals surface area contributed by atoms with Gasteiger partial charge in [0.1, 0.15) is 11.6 Å². The van der Waals surface area contributed by atoms with E-state index in [2.05, 4.69) is 4.98 Å². The van der Waals surface area contributed by atoms with Gasteiger partial charge in [0.15, 0.2) is 0 Å². The summed E-state index contributed by atoms with van der Waals surface area (Å²) in [5.41, 5.74) is 0.718. The van der Waals surface area contributed by atoms with Crippen molar-refractivity contribution in [3.05, 3.63) is 65.1 Å². The molecule has 0 saturated heterocycles. The second-order valence-electron chi connectivity index (χ2n) is 4.47. The molecule has 1 aromatic heterocycles. The van der Waals surface area contributed by atoms with E-state index in [0.717, 1.165) is 16.3 Å². The minimum atomic E-state index is -0.502. The third-order valence-electron chi connectivity index (χ3n) is 3.12. The number of hydrogen-bond acceptors (Lipinski definition) is 3. The Morgan fingerprint density at radius 3 is 2.62 bits per heavy atom. The minimum Gasteiger partial charge on any atom is -0.438 e. The average molecular weight is 304 g/mol. The summed E-state index contributed by atoms with van der Waals surface area (Å²) in [6.45, 7) is -0.101. The Hall–Kier alpha value is -2.17. The van der Waals surface area contributed by atoms with Crippen molar-refractivity contribution in [2.75, 3.05) is 0 Å². The topological polar surface area (TPSA) is 42.4 Å². The molecule has 5 heteroatoms. The van der Waals surface area contributed by atoms with E-state index in [1.807, 2.05) is 24.3 Å². The van der Waals surface area contributed by atoms with E-state index in [-0.39, 0.29) is 11.6 Å². The standard InChI is InChI=1S/C16H11ClFNO2/c17-14-7-11(5-6-15(14)18)21-16-13-4-2-1-3-12(13)10(9-20)8-19-16/h1-8,20H,9H2. The molecule has 21 heavy (non-hydrogen) atoms. The maximum Gasteiger partial charge on any atom is 0.227 e. The first kappa shape index (κ1) is 13.8. The van der Waals surface area contributed by atoms with Gasteiger partial charge in [-0.05, 0) is 23.6 Å². The SMILES string of the molecule is OCc1cnc(Oc2ccc(F)c(Cl)c2)c2ccccc12. The van der Waals surface area contributed by atoms with Crippen LogP contribution in [0, 0.1) is 5.82 Å². The van der Waals surface area contributed by atoms with Gasteiger partial charge in [0.2, 0.25) is 5.88 Å². The molecule has 0 aliphatic heterocycles. The largest absolute Gasteiger partial charge is 0.438 e. The number of aliphatic hydroxyl groups excluding tert-OH is 1. The summed E-state index contributed by atoms with van der Waals surface area (Å²) in [5.74, 6) is 0.277. The fraction of sp³-hybridized carbons (Fsp3) is 0.0625. The number of rotatable bonds is 3. The highest BCUT2D eigenvalue weighted by atomic mass is 35.5. The van der Waals surface area contributed by atoms with Gasteiger partial charge in [0, 0.05) is 23.2 Å². The first-order chi connectivity index (χ1) is 10.2. The van der Waals surface area contributed by atoms with Crippen LogP contribution in [0.5, 0.6) is 11.6 Å². The zero-order valence-electron chi connectivity index (χ0n) is 10.9. The Balaban J connectivity index is 2.06. The molecule has 3 rings (SSSR count). The van der Waals surface area contributed by atoms with Crippen LogP contribution in [0.4, 0.5) is 4.39 Å². The van der Waals surface area contributed by atoms with Crippen LogP contribution in [0.15, 0.2) is 48.7 Å². The van der Waals surface area contributed by atoms with Crippen molar-refractivity contribution in [3.8, 4) is 11.6 Å². The first-order valence-electron chi connectivity index (χ1n) is 6.29. The maximum absolute atomic E-state index is 13.2. The van der Waals surface area contributed by atoms with E-state index < -0.39 is 5.82 Å². The molecule has 0 aliphatic rings. The highest BCUT2D eigenvalue weighted by Crippen LogP contribution is 2.31. The lowest BCUT2D eigenvalue weighted by Crippen LogP contribution is -1.94. The van der Waals surface area contributed by atoms with Crippen molar-refractivity contribution in [3.63, 3.8) is 0 Å². The summed E-state index contributed by atoms with van der Waals surface area (Å²) in [7, 11) is 0. The lowest BCUT2D eigenvalue weighted by Gasteiger charge is -2.10. The monoisotopic (exact) mass is 303 g/mol. The zero-order chi connectivity index (χ0) is 14.8. The number of ether oxygens (including phenoxy) is 1. The molecule has 2 aromatic carbocycles. The van der Waals surface area contributed by atoms with Gasteiger partial charge < -0.3 is 9.84 Å². The first-order valence-corrected chi connectivity index (χ1v) is 6.67. The molecule has 0 fully saturated rings. The Bertz CT molecular complexity index is 807. The molecule has 3 nitrogen and oxygen atoms in total. The van der Waals surface area contributed by atoms with Crippen LogP contribution in [-0.2, 0) is 6.61 Å². The van der Waals surface area contributed by atoms with Gasteiger partial charge in [-0.25, -0.2) is 9.37 Å². The number of pyridine rings is 1. The van der Waals surface area contributed by atoms with Gasteiger partial charge >= 0.3 is 0 Å². The van der Waals surface area contributed by atoms with Crippen LogP contribution in [0.25, 0.3) is 10.8 Å². The Morgan fingerprint density at radius 1 is 1.14 bits per heavy atom. The zero-order valence-corrected chi connectivity index (χ0v) is 11.6. The summed E-state index contributed by atoms with van der Waals surface area (Å²) in [6.07, 6.45) is 1.56. The number of aliphatic hydroxyl groups is 1. The summed E-state index contributed by atoms with van der Waals surface area (Å²) >= 11 is 5.74. The molecule has 3 aromatic rings. The van der Waals surface area contributed by atoms with E-state index in [1.54, 1.807) is 6.20 Å². The number of benzene rings is 2. The van der Waals surface area contributed by atoms with Crippen molar-refractivity contribution in [1.82, 2.24) is 4.98 Å². The van der Waals surface area contributed by atoms with Crippen molar-refractivity contribution in [1.29, 1.82) is 0 Å². The van der Waals surface area contributed by atoms with Crippen LogP contribution in [0.1, 0.15) is 5.56 Å².